The largest absolute Gasteiger partial charge is 0.481 e. The average molecular weight is 304 g/mol. The first-order valence-electron chi connectivity index (χ1n) is 7.73. The minimum Gasteiger partial charge on any atom is -0.481 e. The number of carboxylic acid groups (broad SMARTS) is 2. The van der Waals surface area contributed by atoms with Crippen LogP contribution in [0.3, 0.4) is 0 Å². The Morgan fingerprint density at radius 2 is 1.77 bits per heavy atom. The molecule has 2 fully saturated rings. The van der Waals surface area contributed by atoms with E-state index < -0.39 is 17.9 Å². The van der Waals surface area contributed by atoms with Crippen molar-refractivity contribution >= 4 is 11.9 Å². The van der Waals surface area contributed by atoms with E-state index in [-0.39, 0.29) is 24.5 Å². The van der Waals surface area contributed by atoms with E-state index in [0.717, 1.165) is 24.0 Å². The van der Waals surface area contributed by atoms with Crippen molar-refractivity contribution in [1.82, 2.24) is 0 Å². The molecule has 4 atom stereocenters. The first-order chi connectivity index (χ1) is 10.6. The Labute approximate surface area is 128 Å². The van der Waals surface area contributed by atoms with E-state index in [0.29, 0.717) is 12.8 Å². The van der Waals surface area contributed by atoms with Crippen LogP contribution in [0.15, 0.2) is 24.3 Å². The van der Waals surface area contributed by atoms with E-state index in [1.54, 1.807) is 0 Å². The second-order valence-electron chi connectivity index (χ2n) is 6.18. The van der Waals surface area contributed by atoms with Gasteiger partial charge in [-0.2, -0.15) is 0 Å². The molecule has 3 rings (SSSR count). The number of carboxylic acids is 2. The SMILES string of the molecule is O=C(O)CCc1ccccc1C[C@H]1[C@@H](C(=O)O)[C@@H]2CC[C@H]1O2. The molecule has 0 saturated carbocycles. The van der Waals surface area contributed by atoms with Gasteiger partial charge in [0.25, 0.3) is 0 Å². The van der Waals surface area contributed by atoms with Crippen molar-refractivity contribution in [2.45, 2.75) is 44.3 Å². The summed E-state index contributed by atoms with van der Waals surface area (Å²) in [5.41, 5.74) is 2.05. The smallest absolute Gasteiger partial charge is 0.309 e. The Bertz CT molecular complexity index is 582. The predicted octanol–water partition coefficient (Wildman–Crippen LogP) is 2.12. The third-order valence-electron chi connectivity index (χ3n) is 4.89. The van der Waals surface area contributed by atoms with Gasteiger partial charge in [-0.3, -0.25) is 9.59 Å². The minimum atomic E-state index is -0.818. The van der Waals surface area contributed by atoms with Crippen LogP contribution >= 0.6 is 0 Å². The lowest BCUT2D eigenvalue weighted by atomic mass is 9.75. The van der Waals surface area contributed by atoms with Crippen LogP contribution in [-0.2, 0) is 27.2 Å². The Kier molecular flexibility index (Phi) is 4.16. The molecule has 0 aliphatic carbocycles. The van der Waals surface area contributed by atoms with Crippen LogP contribution in [0.25, 0.3) is 0 Å². The molecule has 2 N–H and O–H groups in total. The number of aryl methyl sites for hydroxylation is 1. The van der Waals surface area contributed by atoms with Gasteiger partial charge in [0.05, 0.1) is 18.1 Å². The summed E-state index contributed by atoms with van der Waals surface area (Å²) >= 11 is 0. The molecule has 1 aromatic rings. The van der Waals surface area contributed by atoms with Crippen molar-refractivity contribution in [2.24, 2.45) is 11.8 Å². The highest BCUT2D eigenvalue weighted by Crippen LogP contribution is 2.45. The summed E-state index contributed by atoms with van der Waals surface area (Å²) in [6.07, 6.45) is 2.85. The fourth-order valence-corrected chi connectivity index (χ4v) is 3.87. The van der Waals surface area contributed by atoms with Crippen LogP contribution in [-0.4, -0.2) is 34.4 Å². The van der Waals surface area contributed by atoms with Gasteiger partial charge < -0.3 is 14.9 Å². The molecule has 0 aromatic heterocycles. The second-order valence-corrected chi connectivity index (χ2v) is 6.18. The van der Waals surface area contributed by atoms with Gasteiger partial charge in [0.1, 0.15) is 0 Å². The van der Waals surface area contributed by atoms with E-state index in [1.165, 1.54) is 0 Å². The summed E-state index contributed by atoms with van der Waals surface area (Å²) in [5.74, 6) is -2.05. The quantitative estimate of drug-likeness (QED) is 0.841. The van der Waals surface area contributed by atoms with Crippen molar-refractivity contribution in [3.8, 4) is 0 Å². The summed E-state index contributed by atoms with van der Waals surface area (Å²) in [6, 6.07) is 7.72. The first kappa shape index (κ1) is 15.0. The van der Waals surface area contributed by atoms with E-state index in [1.807, 2.05) is 24.3 Å². The predicted molar refractivity (Wildman–Crippen MR) is 78.6 cm³/mol. The van der Waals surface area contributed by atoms with Crippen molar-refractivity contribution in [2.75, 3.05) is 0 Å². The standard InChI is InChI=1S/C17H20O5/c18-15(19)8-5-10-3-1-2-4-11(10)9-12-13-6-7-14(22-13)16(12)17(20)21/h1-4,12-14,16H,5-9H2,(H,18,19)(H,20,21)/t12-,13-,14+,16-/m1/s1. The van der Waals surface area contributed by atoms with Gasteiger partial charge in [-0.25, -0.2) is 0 Å². The maximum atomic E-state index is 11.5. The molecule has 118 valence electrons. The van der Waals surface area contributed by atoms with E-state index in [2.05, 4.69) is 0 Å². The highest BCUT2D eigenvalue weighted by molar-refractivity contribution is 5.72. The fraction of sp³-hybridized carbons (Fsp3) is 0.529. The third kappa shape index (κ3) is 2.86. The van der Waals surface area contributed by atoms with Gasteiger partial charge in [-0.1, -0.05) is 24.3 Å². The molecule has 0 unspecified atom stereocenters. The molecular weight excluding hydrogens is 284 g/mol. The van der Waals surface area contributed by atoms with Crippen LogP contribution in [0.1, 0.15) is 30.4 Å². The molecule has 0 spiro atoms. The number of rotatable bonds is 6. The molecule has 2 bridgehead atoms. The molecule has 0 amide bonds. The number of benzene rings is 1. The second kappa shape index (κ2) is 6.08. The van der Waals surface area contributed by atoms with Crippen molar-refractivity contribution < 1.29 is 24.5 Å². The van der Waals surface area contributed by atoms with Gasteiger partial charge in [0, 0.05) is 12.3 Å². The Balaban J connectivity index is 1.78. The van der Waals surface area contributed by atoms with Gasteiger partial charge in [0.2, 0.25) is 0 Å². The van der Waals surface area contributed by atoms with Crippen LogP contribution in [0.4, 0.5) is 0 Å². The molecule has 2 saturated heterocycles. The average Bonchev–Trinajstić information content (AvgIpc) is 3.07. The van der Waals surface area contributed by atoms with E-state index in [9.17, 15) is 14.7 Å². The third-order valence-corrected chi connectivity index (χ3v) is 4.89. The molecule has 5 heteroatoms. The highest BCUT2D eigenvalue weighted by Gasteiger charge is 2.52. The Morgan fingerprint density at radius 1 is 1.09 bits per heavy atom. The Morgan fingerprint density at radius 3 is 2.45 bits per heavy atom. The monoisotopic (exact) mass is 304 g/mol. The maximum Gasteiger partial charge on any atom is 0.309 e. The van der Waals surface area contributed by atoms with Crippen LogP contribution in [0.2, 0.25) is 0 Å². The van der Waals surface area contributed by atoms with E-state index in [4.69, 9.17) is 9.84 Å². The van der Waals surface area contributed by atoms with Crippen molar-refractivity contribution in [3.05, 3.63) is 35.4 Å². The number of fused-ring (bicyclic) bond motifs is 2. The first-order valence-corrected chi connectivity index (χ1v) is 7.73. The fourth-order valence-electron chi connectivity index (χ4n) is 3.87. The molecule has 1 aromatic carbocycles. The lowest BCUT2D eigenvalue weighted by Gasteiger charge is -2.25. The van der Waals surface area contributed by atoms with Gasteiger partial charge in [-0.05, 0) is 36.8 Å². The van der Waals surface area contributed by atoms with Crippen molar-refractivity contribution in [1.29, 1.82) is 0 Å². The van der Waals surface area contributed by atoms with Crippen molar-refractivity contribution in [3.63, 3.8) is 0 Å². The zero-order chi connectivity index (χ0) is 15.7. The normalized spacial score (nSPS) is 29.6. The lowest BCUT2D eigenvalue weighted by molar-refractivity contribution is -0.144. The molecule has 2 heterocycles. The van der Waals surface area contributed by atoms with Crippen LogP contribution in [0.5, 0.6) is 0 Å². The maximum absolute atomic E-state index is 11.5. The summed E-state index contributed by atoms with van der Waals surface area (Å²) in [7, 11) is 0. The zero-order valence-electron chi connectivity index (χ0n) is 12.3. The summed E-state index contributed by atoms with van der Waals surface area (Å²) in [5, 5.41) is 18.3. The molecule has 2 aliphatic rings. The molecule has 22 heavy (non-hydrogen) atoms. The van der Waals surface area contributed by atoms with E-state index >= 15 is 0 Å². The summed E-state index contributed by atoms with van der Waals surface area (Å²) in [4.78, 5) is 22.3. The molecular formula is C17H20O5. The lowest BCUT2D eigenvalue weighted by Crippen LogP contribution is -2.34. The van der Waals surface area contributed by atoms with Crippen LogP contribution in [0, 0.1) is 11.8 Å². The van der Waals surface area contributed by atoms with Gasteiger partial charge in [0.15, 0.2) is 0 Å². The minimum absolute atomic E-state index is 0.0118. The highest BCUT2D eigenvalue weighted by atomic mass is 16.5. The zero-order valence-corrected chi connectivity index (χ0v) is 12.3. The number of hydrogen-bond acceptors (Lipinski definition) is 3. The summed E-state index contributed by atoms with van der Waals surface area (Å²) in [6.45, 7) is 0. The number of ether oxygens (including phenoxy) is 1. The molecule has 2 aliphatic heterocycles. The molecule has 5 nitrogen and oxygen atoms in total. The number of carbonyl (C=O) groups is 2. The Hall–Kier alpha value is -1.88. The number of hydrogen-bond donors (Lipinski definition) is 2. The topological polar surface area (TPSA) is 83.8 Å². The summed E-state index contributed by atoms with van der Waals surface area (Å²) < 4.78 is 5.79. The van der Waals surface area contributed by atoms with Gasteiger partial charge in [-0.15, -0.1) is 0 Å². The van der Waals surface area contributed by atoms with Gasteiger partial charge >= 0.3 is 11.9 Å². The van der Waals surface area contributed by atoms with Crippen LogP contribution < -0.4 is 0 Å². The molecule has 0 radical (unpaired) electrons. The number of aliphatic carboxylic acids is 2.